The van der Waals surface area contributed by atoms with E-state index >= 15 is 0 Å². The summed E-state index contributed by atoms with van der Waals surface area (Å²) in [6.07, 6.45) is 11.2. The van der Waals surface area contributed by atoms with E-state index in [1.807, 2.05) is 0 Å². The van der Waals surface area contributed by atoms with Gasteiger partial charge in [-0.05, 0) is 78.1 Å². The molecule has 0 aromatic carbocycles. The fraction of sp³-hybridized carbons (Fsp3) is 0.897. The van der Waals surface area contributed by atoms with Gasteiger partial charge in [-0.2, -0.15) is 0 Å². The Morgan fingerprint density at radius 1 is 1.06 bits per heavy atom. The van der Waals surface area contributed by atoms with Crippen LogP contribution >= 0.6 is 15.9 Å². The molecular formula is C29H45BrO2. The summed E-state index contributed by atoms with van der Waals surface area (Å²) in [7, 11) is 0. The third-order valence-electron chi connectivity index (χ3n) is 12.2. The Bertz CT molecular complexity index is 844. The van der Waals surface area contributed by atoms with Gasteiger partial charge in [0.1, 0.15) is 0 Å². The SMILES string of the molecule is CC(C)CCC[C@@H](C)[C@H]1CC[C@H]2[C@@H]3C(=O)[C@H](Br)[C@]45[C@@H](C=C(O)C4(C)C)[C@]5(C)[C@H]3CC[C@]12C. The van der Waals surface area contributed by atoms with Crippen LogP contribution in [-0.2, 0) is 4.79 Å². The lowest BCUT2D eigenvalue weighted by atomic mass is 9.48. The van der Waals surface area contributed by atoms with Crippen molar-refractivity contribution < 1.29 is 9.90 Å². The summed E-state index contributed by atoms with van der Waals surface area (Å²) < 4.78 is 0. The van der Waals surface area contributed by atoms with Gasteiger partial charge in [0.15, 0.2) is 5.78 Å². The number of ketones is 1. The summed E-state index contributed by atoms with van der Waals surface area (Å²) in [5, 5.41) is 10.7. The Hall–Kier alpha value is -0.310. The third-order valence-corrected chi connectivity index (χ3v) is 13.3. The molecule has 32 heavy (non-hydrogen) atoms. The summed E-state index contributed by atoms with van der Waals surface area (Å²) in [5.41, 5.74) is -0.0136. The Kier molecular flexibility index (Phi) is 5.21. The van der Waals surface area contributed by atoms with E-state index in [-0.39, 0.29) is 27.0 Å². The highest BCUT2D eigenvalue weighted by molar-refractivity contribution is 9.10. The quantitative estimate of drug-likeness (QED) is 0.385. The first kappa shape index (κ1) is 23.4. The summed E-state index contributed by atoms with van der Waals surface area (Å²) in [5.74, 6) is 4.87. The smallest absolute Gasteiger partial charge is 0.150 e. The molecule has 0 bridgehead atoms. The number of carbonyl (C=O) groups is 1. The van der Waals surface area contributed by atoms with Crippen LogP contribution in [0.4, 0.5) is 0 Å². The van der Waals surface area contributed by atoms with E-state index in [0.717, 1.165) is 17.8 Å². The average Bonchev–Trinajstić information content (AvgIpc) is 2.97. The Morgan fingerprint density at radius 3 is 2.41 bits per heavy atom. The van der Waals surface area contributed by atoms with Crippen molar-refractivity contribution in [2.24, 2.45) is 63.1 Å². The lowest BCUT2D eigenvalue weighted by molar-refractivity contribution is -0.144. The predicted octanol–water partition coefficient (Wildman–Crippen LogP) is 7.96. The van der Waals surface area contributed by atoms with Gasteiger partial charge in [0, 0.05) is 16.7 Å². The molecule has 180 valence electrons. The van der Waals surface area contributed by atoms with E-state index < -0.39 is 0 Å². The summed E-state index contributed by atoms with van der Waals surface area (Å²) in [6, 6.07) is 0. The molecule has 0 heterocycles. The molecule has 0 saturated heterocycles. The maximum absolute atomic E-state index is 14.1. The van der Waals surface area contributed by atoms with Gasteiger partial charge in [-0.3, -0.25) is 4.79 Å². The Balaban J connectivity index is 1.43. The number of halogens is 1. The monoisotopic (exact) mass is 504 g/mol. The number of fused-ring (bicyclic) bond motifs is 5. The van der Waals surface area contributed by atoms with Gasteiger partial charge in [-0.15, -0.1) is 0 Å². The van der Waals surface area contributed by atoms with Gasteiger partial charge in [-0.1, -0.05) is 83.7 Å². The van der Waals surface area contributed by atoms with E-state index in [0.29, 0.717) is 34.7 Å². The molecule has 5 aliphatic carbocycles. The zero-order chi connectivity index (χ0) is 23.4. The molecule has 1 spiro atoms. The number of hydrogen-bond acceptors (Lipinski definition) is 2. The van der Waals surface area contributed by atoms with Crippen molar-refractivity contribution in [2.45, 2.75) is 98.2 Å². The average molecular weight is 506 g/mol. The van der Waals surface area contributed by atoms with E-state index in [1.165, 1.54) is 44.9 Å². The first-order chi connectivity index (χ1) is 14.9. The fourth-order valence-electron chi connectivity index (χ4n) is 10.6. The molecule has 0 aromatic rings. The van der Waals surface area contributed by atoms with Crippen LogP contribution in [0.5, 0.6) is 0 Å². The van der Waals surface area contributed by atoms with Crippen molar-refractivity contribution in [3.8, 4) is 0 Å². The van der Waals surface area contributed by atoms with Crippen LogP contribution in [-0.4, -0.2) is 15.7 Å². The highest BCUT2D eigenvalue weighted by Crippen LogP contribution is 2.90. The highest BCUT2D eigenvalue weighted by Gasteiger charge is 2.89. The van der Waals surface area contributed by atoms with Crippen molar-refractivity contribution in [2.75, 3.05) is 0 Å². The number of carbonyl (C=O) groups excluding carboxylic acids is 1. The van der Waals surface area contributed by atoms with E-state index in [1.54, 1.807) is 0 Å². The van der Waals surface area contributed by atoms with Crippen molar-refractivity contribution in [1.82, 2.24) is 0 Å². The molecule has 4 fully saturated rings. The number of alkyl halides is 1. The van der Waals surface area contributed by atoms with E-state index in [2.05, 4.69) is 70.5 Å². The molecule has 0 aromatic heterocycles. The molecule has 0 amide bonds. The molecule has 10 atom stereocenters. The van der Waals surface area contributed by atoms with Gasteiger partial charge >= 0.3 is 0 Å². The minimum absolute atomic E-state index is 0.132. The molecule has 5 rings (SSSR count). The van der Waals surface area contributed by atoms with Crippen LogP contribution in [0.3, 0.4) is 0 Å². The van der Waals surface area contributed by atoms with Crippen LogP contribution in [0.1, 0.15) is 93.4 Å². The number of hydrogen-bond donors (Lipinski definition) is 1. The van der Waals surface area contributed by atoms with Crippen molar-refractivity contribution >= 4 is 21.7 Å². The molecular weight excluding hydrogens is 460 g/mol. The molecule has 3 heteroatoms. The summed E-state index contributed by atoms with van der Waals surface area (Å²) >= 11 is 3.97. The van der Waals surface area contributed by atoms with Crippen molar-refractivity contribution in [1.29, 1.82) is 0 Å². The molecule has 1 N–H and O–H groups in total. The maximum atomic E-state index is 14.1. The van der Waals surface area contributed by atoms with Crippen LogP contribution in [0.15, 0.2) is 11.8 Å². The standard InChI is InChI=1S/C29H45BrO2/c1-16(2)9-8-10-17(3)18-11-12-19-23-20(13-14-27(18,19)6)28(7)21-15-22(31)26(4,5)29(21,28)25(30)24(23)32/h15-21,23,25,31H,8-14H2,1-7H3/t17-,18-,19+,20+,21+,23+,25+,27-,28+,29-/m1/s1. The maximum Gasteiger partial charge on any atom is 0.150 e. The normalized spacial score (nSPS) is 51.5. The lowest BCUT2D eigenvalue weighted by Gasteiger charge is -2.56. The first-order valence-electron chi connectivity index (χ1n) is 13.5. The summed E-state index contributed by atoms with van der Waals surface area (Å²) in [6.45, 7) is 16.5. The highest BCUT2D eigenvalue weighted by atomic mass is 79.9. The number of aliphatic hydroxyl groups is 1. The zero-order valence-corrected chi connectivity index (χ0v) is 23.0. The number of aliphatic hydroxyl groups excluding tert-OH is 1. The molecule has 4 saturated carbocycles. The van der Waals surface area contributed by atoms with Crippen molar-refractivity contribution in [3.63, 3.8) is 0 Å². The van der Waals surface area contributed by atoms with Crippen molar-refractivity contribution in [3.05, 3.63) is 11.8 Å². The minimum atomic E-state index is -0.328. The van der Waals surface area contributed by atoms with Crippen LogP contribution < -0.4 is 0 Å². The van der Waals surface area contributed by atoms with Gasteiger partial charge in [0.2, 0.25) is 0 Å². The molecule has 0 unspecified atom stereocenters. The van der Waals surface area contributed by atoms with Gasteiger partial charge in [0.05, 0.1) is 10.6 Å². The van der Waals surface area contributed by atoms with Gasteiger partial charge < -0.3 is 5.11 Å². The second-order valence-electron chi connectivity index (χ2n) is 13.8. The topological polar surface area (TPSA) is 37.3 Å². The predicted molar refractivity (Wildman–Crippen MR) is 135 cm³/mol. The summed E-state index contributed by atoms with van der Waals surface area (Å²) in [4.78, 5) is 14.0. The van der Waals surface area contributed by atoms with E-state index in [9.17, 15) is 9.90 Å². The van der Waals surface area contributed by atoms with Gasteiger partial charge in [-0.25, -0.2) is 0 Å². The lowest BCUT2D eigenvalue weighted by Crippen LogP contribution is -2.57. The Labute approximate surface area is 204 Å². The van der Waals surface area contributed by atoms with Crippen LogP contribution in [0.25, 0.3) is 0 Å². The Morgan fingerprint density at radius 2 is 1.75 bits per heavy atom. The zero-order valence-electron chi connectivity index (χ0n) is 21.4. The molecule has 2 nitrogen and oxygen atoms in total. The first-order valence-corrected chi connectivity index (χ1v) is 14.4. The van der Waals surface area contributed by atoms with Gasteiger partial charge in [0.25, 0.3) is 0 Å². The number of allylic oxidation sites excluding steroid dienone is 2. The third kappa shape index (κ3) is 2.51. The second kappa shape index (κ2) is 7.11. The van der Waals surface area contributed by atoms with Crippen LogP contribution in [0.2, 0.25) is 0 Å². The number of Topliss-reactive ketones (excluding diaryl/α,β-unsaturated/α-hetero) is 1. The largest absolute Gasteiger partial charge is 0.512 e. The fourth-order valence-corrected chi connectivity index (χ4v) is 12.2. The minimum Gasteiger partial charge on any atom is -0.512 e. The molecule has 0 aliphatic heterocycles. The van der Waals surface area contributed by atoms with E-state index in [4.69, 9.17) is 0 Å². The van der Waals surface area contributed by atoms with Crippen LogP contribution in [0, 0.1) is 63.1 Å². The number of rotatable bonds is 5. The molecule has 5 aliphatic rings. The molecule has 0 radical (unpaired) electrons. The second-order valence-corrected chi connectivity index (χ2v) is 14.8.